The van der Waals surface area contributed by atoms with Gasteiger partial charge in [-0.2, -0.15) is 0 Å². The van der Waals surface area contributed by atoms with Crippen LogP contribution in [-0.2, 0) is 0 Å². The second-order valence-electron chi connectivity index (χ2n) is 3.22. The molecule has 84 valence electrons. The summed E-state index contributed by atoms with van der Waals surface area (Å²) in [6, 6.07) is 6.57. The number of methoxy groups -OCH3 is 1. The molecule has 0 aliphatic rings. The molecule has 0 atom stereocenters. The fourth-order valence-corrected chi connectivity index (χ4v) is 1.54. The molecule has 0 radical (unpaired) electrons. The van der Waals surface area contributed by atoms with Crippen molar-refractivity contribution in [1.82, 2.24) is 0 Å². The third-order valence-electron chi connectivity index (χ3n) is 2.21. The monoisotopic (exact) mass is 220 g/mol. The van der Waals surface area contributed by atoms with E-state index in [0.717, 1.165) is 11.1 Å². The highest BCUT2D eigenvalue weighted by Crippen LogP contribution is 2.27. The number of ether oxygens (including phenoxy) is 2. The van der Waals surface area contributed by atoms with Gasteiger partial charge in [-0.15, -0.1) is 0 Å². The van der Waals surface area contributed by atoms with Gasteiger partial charge in [0.05, 0.1) is 25.2 Å². The van der Waals surface area contributed by atoms with Gasteiger partial charge in [0.2, 0.25) is 0 Å². The van der Waals surface area contributed by atoms with Gasteiger partial charge in [-0.05, 0) is 25.1 Å². The molecule has 1 aromatic heterocycles. The van der Waals surface area contributed by atoms with Gasteiger partial charge in [0.1, 0.15) is 17.1 Å². The molecule has 0 N–H and O–H groups in total. The third-order valence-corrected chi connectivity index (χ3v) is 2.21. The Labute approximate surface area is 92.4 Å². The molecule has 0 spiro atoms. The summed E-state index contributed by atoms with van der Waals surface area (Å²) in [6.07, 6.45) is 0. The van der Waals surface area contributed by atoms with Crippen molar-refractivity contribution in [3.8, 4) is 11.5 Å². The van der Waals surface area contributed by atoms with Crippen LogP contribution in [0.3, 0.4) is 0 Å². The Hall–Kier alpha value is -1.97. The Bertz CT molecular complexity index is 556. The van der Waals surface area contributed by atoms with Gasteiger partial charge in [0.15, 0.2) is 0 Å². The van der Waals surface area contributed by atoms with E-state index in [9.17, 15) is 4.79 Å². The molecule has 0 bridgehead atoms. The van der Waals surface area contributed by atoms with Crippen LogP contribution >= 0.6 is 0 Å². The van der Waals surface area contributed by atoms with Gasteiger partial charge in [-0.3, -0.25) is 0 Å². The molecule has 0 aliphatic carbocycles. The van der Waals surface area contributed by atoms with Crippen LogP contribution in [0.1, 0.15) is 6.92 Å². The summed E-state index contributed by atoms with van der Waals surface area (Å²) < 4.78 is 15.5. The maximum Gasteiger partial charge on any atom is 0.339 e. The van der Waals surface area contributed by atoms with E-state index in [4.69, 9.17) is 13.9 Å². The first kappa shape index (κ1) is 10.5. The average molecular weight is 220 g/mol. The molecule has 1 heterocycles. The van der Waals surface area contributed by atoms with Gasteiger partial charge in [-0.25, -0.2) is 4.79 Å². The molecular formula is C12H12O4. The molecule has 0 aliphatic heterocycles. The summed E-state index contributed by atoms with van der Waals surface area (Å²) in [5.41, 5.74) is 0.0707. The van der Waals surface area contributed by atoms with Gasteiger partial charge < -0.3 is 13.9 Å². The molecule has 0 unspecified atom stereocenters. The number of benzene rings is 1. The molecule has 0 saturated heterocycles. The molecule has 4 nitrogen and oxygen atoms in total. The van der Waals surface area contributed by atoms with Crippen molar-refractivity contribution in [1.29, 1.82) is 0 Å². The predicted molar refractivity (Wildman–Crippen MR) is 60.2 cm³/mol. The van der Waals surface area contributed by atoms with Crippen molar-refractivity contribution in [3.63, 3.8) is 0 Å². The van der Waals surface area contributed by atoms with E-state index in [1.807, 2.05) is 6.92 Å². The average Bonchev–Trinajstić information content (AvgIpc) is 2.29. The lowest BCUT2D eigenvalue weighted by atomic mass is 10.2. The van der Waals surface area contributed by atoms with Gasteiger partial charge >= 0.3 is 5.63 Å². The Morgan fingerprint density at radius 1 is 1.31 bits per heavy atom. The highest BCUT2D eigenvalue weighted by molar-refractivity contribution is 5.84. The Morgan fingerprint density at radius 3 is 2.81 bits per heavy atom. The highest BCUT2D eigenvalue weighted by Gasteiger charge is 2.06. The first-order valence-electron chi connectivity index (χ1n) is 4.99. The van der Waals surface area contributed by atoms with Crippen molar-refractivity contribution in [2.24, 2.45) is 0 Å². The molecule has 0 fully saturated rings. The van der Waals surface area contributed by atoms with Crippen molar-refractivity contribution in [2.75, 3.05) is 13.7 Å². The summed E-state index contributed by atoms with van der Waals surface area (Å²) in [6.45, 7) is 2.50. The quantitative estimate of drug-likeness (QED) is 0.744. The normalized spacial score (nSPS) is 10.4. The van der Waals surface area contributed by atoms with Crippen LogP contribution in [0.4, 0.5) is 0 Å². The van der Waals surface area contributed by atoms with Crippen LogP contribution in [0.2, 0.25) is 0 Å². The van der Waals surface area contributed by atoms with Crippen LogP contribution < -0.4 is 15.1 Å². The minimum atomic E-state index is -0.423. The Kier molecular flexibility index (Phi) is 2.81. The Balaban J connectivity index is 2.66. The fourth-order valence-electron chi connectivity index (χ4n) is 1.54. The third kappa shape index (κ3) is 1.86. The smallest absolute Gasteiger partial charge is 0.339 e. The summed E-state index contributed by atoms with van der Waals surface area (Å²) >= 11 is 0. The maximum absolute atomic E-state index is 11.2. The zero-order valence-electron chi connectivity index (χ0n) is 9.15. The van der Waals surface area contributed by atoms with E-state index in [0.29, 0.717) is 17.9 Å². The van der Waals surface area contributed by atoms with E-state index in [1.54, 1.807) is 18.2 Å². The fraction of sp³-hybridized carbons (Fsp3) is 0.250. The minimum Gasteiger partial charge on any atom is -0.496 e. The molecule has 2 aromatic rings. The second-order valence-corrected chi connectivity index (χ2v) is 3.22. The number of rotatable bonds is 3. The predicted octanol–water partition coefficient (Wildman–Crippen LogP) is 2.20. The van der Waals surface area contributed by atoms with Gasteiger partial charge in [0, 0.05) is 0 Å². The molecule has 2 rings (SSSR count). The van der Waals surface area contributed by atoms with Crippen molar-refractivity contribution in [2.45, 2.75) is 6.92 Å². The van der Waals surface area contributed by atoms with Crippen LogP contribution in [-0.4, -0.2) is 13.7 Å². The van der Waals surface area contributed by atoms with Crippen LogP contribution in [0.25, 0.3) is 11.0 Å². The number of fused-ring (bicyclic) bond motifs is 1. The minimum absolute atomic E-state index is 0.423. The van der Waals surface area contributed by atoms with Crippen LogP contribution in [0.5, 0.6) is 11.5 Å². The van der Waals surface area contributed by atoms with E-state index in [2.05, 4.69) is 0 Å². The largest absolute Gasteiger partial charge is 0.496 e. The molecule has 0 saturated carbocycles. The van der Waals surface area contributed by atoms with E-state index < -0.39 is 5.63 Å². The molecular weight excluding hydrogens is 208 g/mol. The number of hydrogen-bond acceptors (Lipinski definition) is 4. The second kappa shape index (κ2) is 4.26. The lowest BCUT2D eigenvalue weighted by molar-refractivity contribution is 0.340. The lowest BCUT2D eigenvalue weighted by Crippen LogP contribution is -1.99. The summed E-state index contributed by atoms with van der Waals surface area (Å²) in [5, 5.41) is 0.730. The van der Waals surface area contributed by atoms with Crippen LogP contribution in [0.15, 0.2) is 33.5 Å². The van der Waals surface area contributed by atoms with Crippen molar-refractivity contribution < 1.29 is 13.9 Å². The first-order chi connectivity index (χ1) is 7.74. The lowest BCUT2D eigenvalue weighted by Gasteiger charge is -2.06. The zero-order valence-corrected chi connectivity index (χ0v) is 9.15. The van der Waals surface area contributed by atoms with E-state index in [-0.39, 0.29) is 0 Å². The molecule has 1 aromatic carbocycles. The topological polar surface area (TPSA) is 48.7 Å². The first-order valence-corrected chi connectivity index (χ1v) is 4.99. The van der Waals surface area contributed by atoms with Crippen LogP contribution in [0, 0.1) is 0 Å². The Morgan fingerprint density at radius 2 is 2.12 bits per heavy atom. The van der Waals surface area contributed by atoms with Crippen molar-refractivity contribution in [3.05, 3.63) is 34.7 Å². The molecule has 16 heavy (non-hydrogen) atoms. The van der Waals surface area contributed by atoms with E-state index in [1.165, 1.54) is 13.2 Å². The highest BCUT2D eigenvalue weighted by atomic mass is 16.5. The SMILES string of the molecule is CCOc1ccc2oc(=O)cc(OC)c2c1. The zero-order chi connectivity index (χ0) is 11.5. The molecule has 0 amide bonds. The standard InChI is InChI=1S/C12H12O4/c1-3-15-8-4-5-10-9(6-8)11(14-2)7-12(13)16-10/h4-7H,3H2,1-2H3. The van der Waals surface area contributed by atoms with E-state index >= 15 is 0 Å². The summed E-state index contributed by atoms with van der Waals surface area (Å²) in [5.74, 6) is 1.22. The summed E-state index contributed by atoms with van der Waals surface area (Å²) in [7, 11) is 1.52. The molecule has 4 heteroatoms. The van der Waals surface area contributed by atoms with Crippen molar-refractivity contribution >= 4 is 11.0 Å². The van der Waals surface area contributed by atoms with Gasteiger partial charge in [-0.1, -0.05) is 0 Å². The van der Waals surface area contributed by atoms with Gasteiger partial charge in [0.25, 0.3) is 0 Å². The maximum atomic E-state index is 11.2. The summed E-state index contributed by atoms with van der Waals surface area (Å²) in [4.78, 5) is 11.2. The number of hydrogen-bond donors (Lipinski definition) is 0.